The van der Waals surface area contributed by atoms with Gasteiger partial charge in [0.1, 0.15) is 0 Å². The number of nitrogens with zero attached hydrogens (tertiary/aromatic N) is 3. The van der Waals surface area contributed by atoms with Crippen molar-refractivity contribution in [3.8, 4) is 11.6 Å². The molecule has 1 aromatic carbocycles. The van der Waals surface area contributed by atoms with Gasteiger partial charge in [0, 0.05) is 12.1 Å². The maximum absolute atomic E-state index is 12.4. The van der Waals surface area contributed by atoms with Crippen LogP contribution < -0.4 is 0 Å². The third-order valence-electron chi connectivity index (χ3n) is 3.79. The molecular weight excluding hydrogens is 334 g/mol. The van der Waals surface area contributed by atoms with Gasteiger partial charge in [-0.2, -0.15) is 0 Å². The predicted octanol–water partition coefficient (Wildman–Crippen LogP) is 4.26. The van der Waals surface area contributed by atoms with Gasteiger partial charge < -0.3 is 4.42 Å². The fraction of sp³-hybridized carbons (Fsp3) is 0.211. The first-order valence-electron chi connectivity index (χ1n) is 8.05. The Labute approximate surface area is 150 Å². The van der Waals surface area contributed by atoms with Gasteiger partial charge >= 0.3 is 0 Å². The highest BCUT2D eigenvalue weighted by Gasteiger charge is 2.17. The second kappa shape index (κ2) is 7.98. The molecule has 2 aromatic heterocycles. The summed E-state index contributed by atoms with van der Waals surface area (Å²) in [6, 6.07) is 11.4. The van der Waals surface area contributed by atoms with E-state index in [1.807, 2.05) is 34.9 Å². The summed E-state index contributed by atoms with van der Waals surface area (Å²) >= 11 is 1.37. The fourth-order valence-electron chi connectivity index (χ4n) is 2.42. The molecule has 3 aromatic rings. The highest BCUT2D eigenvalue weighted by atomic mass is 32.2. The molecule has 128 valence electrons. The van der Waals surface area contributed by atoms with Crippen LogP contribution in [-0.2, 0) is 13.0 Å². The van der Waals surface area contributed by atoms with Crippen LogP contribution in [0.2, 0.25) is 0 Å². The molecule has 0 atom stereocenters. The first kappa shape index (κ1) is 17.2. The molecular formula is C19H19N3O2S. The van der Waals surface area contributed by atoms with Crippen LogP contribution >= 0.6 is 11.8 Å². The Hall–Kier alpha value is -2.60. The number of carbonyl (C=O) groups excluding carboxylic acids is 1. The molecule has 0 radical (unpaired) electrons. The van der Waals surface area contributed by atoms with Crippen LogP contribution in [0, 0.1) is 0 Å². The lowest BCUT2D eigenvalue weighted by molar-refractivity contribution is 0.102. The first-order chi connectivity index (χ1) is 12.2. The summed E-state index contributed by atoms with van der Waals surface area (Å²) < 4.78 is 7.30. The van der Waals surface area contributed by atoms with Gasteiger partial charge in [0.2, 0.25) is 5.82 Å². The van der Waals surface area contributed by atoms with Gasteiger partial charge in [0.15, 0.2) is 16.7 Å². The summed E-state index contributed by atoms with van der Waals surface area (Å²) in [5.41, 5.74) is 1.93. The van der Waals surface area contributed by atoms with Crippen LogP contribution in [0.5, 0.6) is 0 Å². The summed E-state index contributed by atoms with van der Waals surface area (Å²) in [7, 11) is 0. The largest absolute Gasteiger partial charge is 0.461 e. The third-order valence-corrected chi connectivity index (χ3v) is 4.75. The molecule has 0 N–H and O–H groups in total. The Morgan fingerprint density at radius 2 is 2.08 bits per heavy atom. The van der Waals surface area contributed by atoms with E-state index in [0.717, 1.165) is 6.42 Å². The maximum atomic E-state index is 12.4. The molecule has 0 saturated heterocycles. The summed E-state index contributed by atoms with van der Waals surface area (Å²) in [5, 5.41) is 9.06. The van der Waals surface area contributed by atoms with E-state index in [1.54, 1.807) is 18.4 Å². The number of aromatic nitrogens is 3. The van der Waals surface area contributed by atoms with Crippen LogP contribution in [0.1, 0.15) is 22.8 Å². The number of hydrogen-bond donors (Lipinski definition) is 0. The van der Waals surface area contributed by atoms with Gasteiger partial charge in [-0.15, -0.1) is 16.8 Å². The molecule has 0 unspecified atom stereocenters. The van der Waals surface area contributed by atoms with E-state index in [9.17, 15) is 4.79 Å². The van der Waals surface area contributed by atoms with E-state index in [0.29, 0.717) is 34.6 Å². The maximum Gasteiger partial charge on any atom is 0.200 e. The molecule has 0 saturated carbocycles. The number of thioether (sulfide) groups is 1. The lowest BCUT2D eigenvalue weighted by Gasteiger charge is -2.06. The Bertz CT molecular complexity index is 851. The Balaban J connectivity index is 1.74. The summed E-state index contributed by atoms with van der Waals surface area (Å²) in [4.78, 5) is 12.4. The predicted molar refractivity (Wildman–Crippen MR) is 98.8 cm³/mol. The lowest BCUT2D eigenvalue weighted by Crippen LogP contribution is -2.05. The minimum Gasteiger partial charge on any atom is -0.461 e. The van der Waals surface area contributed by atoms with Gasteiger partial charge in [0.25, 0.3) is 0 Å². The monoisotopic (exact) mass is 353 g/mol. The van der Waals surface area contributed by atoms with Gasteiger partial charge in [0.05, 0.1) is 12.0 Å². The smallest absolute Gasteiger partial charge is 0.200 e. The molecule has 5 nitrogen and oxygen atoms in total. The van der Waals surface area contributed by atoms with Crippen molar-refractivity contribution < 1.29 is 9.21 Å². The number of ketones is 1. The summed E-state index contributed by atoms with van der Waals surface area (Å²) in [6.07, 6.45) is 4.33. The minimum absolute atomic E-state index is 0.0698. The number of Topliss-reactive ketones (excluding diaryl/α,β-unsaturated/α-hetero) is 1. The molecule has 0 aliphatic heterocycles. The average Bonchev–Trinajstić information content (AvgIpc) is 3.30. The number of hydrogen-bond acceptors (Lipinski definition) is 5. The van der Waals surface area contributed by atoms with E-state index in [1.165, 1.54) is 17.3 Å². The van der Waals surface area contributed by atoms with Crippen LogP contribution in [-0.4, -0.2) is 26.3 Å². The van der Waals surface area contributed by atoms with E-state index in [2.05, 4.69) is 23.7 Å². The zero-order valence-corrected chi connectivity index (χ0v) is 14.8. The van der Waals surface area contributed by atoms with Crippen LogP contribution in [0.25, 0.3) is 11.6 Å². The minimum atomic E-state index is 0.0698. The van der Waals surface area contributed by atoms with E-state index in [-0.39, 0.29) is 5.78 Å². The molecule has 25 heavy (non-hydrogen) atoms. The molecule has 3 rings (SSSR count). The van der Waals surface area contributed by atoms with Crippen molar-refractivity contribution in [3.63, 3.8) is 0 Å². The quantitative estimate of drug-likeness (QED) is 0.344. The normalized spacial score (nSPS) is 10.8. The first-order valence-corrected chi connectivity index (χ1v) is 9.04. The van der Waals surface area contributed by atoms with Gasteiger partial charge in [-0.05, 0) is 24.1 Å². The highest BCUT2D eigenvalue weighted by Crippen LogP contribution is 2.25. The summed E-state index contributed by atoms with van der Waals surface area (Å²) in [6.45, 7) is 6.41. The molecule has 0 aliphatic carbocycles. The van der Waals surface area contributed by atoms with Crippen LogP contribution in [0.4, 0.5) is 0 Å². The molecule has 6 heteroatoms. The Morgan fingerprint density at radius 1 is 1.28 bits per heavy atom. The van der Waals surface area contributed by atoms with E-state index >= 15 is 0 Å². The number of rotatable bonds is 8. The number of allylic oxidation sites excluding steroid dienone is 1. The second-order valence-electron chi connectivity index (χ2n) is 5.45. The van der Waals surface area contributed by atoms with Crippen molar-refractivity contribution in [2.24, 2.45) is 0 Å². The molecule has 0 bridgehead atoms. The zero-order valence-electron chi connectivity index (χ0n) is 14.0. The second-order valence-corrected chi connectivity index (χ2v) is 6.39. The standard InChI is InChI=1S/C19H19N3O2S/c1-3-11-22-18(17-6-5-12-24-17)20-21-19(22)25-13-16(23)15-9-7-14(4-2)8-10-15/h3,5-10,12H,1,4,11,13H2,2H3. The lowest BCUT2D eigenvalue weighted by atomic mass is 10.1. The van der Waals surface area contributed by atoms with E-state index < -0.39 is 0 Å². The molecule has 0 spiro atoms. The average molecular weight is 353 g/mol. The molecule has 0 fully saturated rings. The zero-order chi connectivity index (χ0) is 17.6. The molecule has 0 amide bonds. The Kier molecular flexibility index (Phi) is 5.50. The van der Waals surface area contributed by atoms with Crippen LogP contribution in [0.15, 0.2) is 64.9 Å². The number of aryl methyl sites for hydroxylation is 1. The van der Waals surface area contributed by atoms with Crippen molar-refractivity contribution in [3.05, 3.63) is 66.4 Å². The van der Waals surface area contributed by atoms with Crippen molar-refractivity contribution in [1.29, 1.82) is 0 Å². The van der Waals surface area contributed by atoms with Crippen molar-refractivity contribution in [1.82, 2.24) is 14.8 Å². The fourth-order valence-corrected chi connectivity index (χ4v) is 3.26. The number of benzene rings is 1. The van der Waals surface area contributed by atoms with E-state index in [4.69, 9.17) is 4.42 Å². The van der Waals surface area contributed by atoms with Gasteiger partial charge in [-0.3, -0.25) is 9.36 Å². The summed E-state index contributed by atoms with van der Waals surface area (Å²) in [5.74, 6) is 1.65. The molecule has 0 aliphatic rings. The van der Waals surface area contributed by atoms with Crippen molar-refractivity contribution in [2.45, 2.75) is 25.0 Å². The SMILES string of the molecule is C=CCn1c(SCC(=O)c2ccc(CC)cc2)nnc1-c1ccco1. The van der Waals surface area contributed by atoms with Gasteiger partial charge in [-0.25, -0.2) is 0 Å². The Morgan fingerprint density at radius 3 is 2.72 bits per heavy atom. The van der Waals surface area contributed by atoms with Crippen molar-refractivity contribution >= 4 is 17.5 Å². The number of furan rings is 1. The highest BCUT2D eigenvalue weighted by molar-refractivity contribution is 7.99. The van der Waals surface area contributed by atoms with Crippen molar-refractivity contribution in [2.75, 3.05) is 5.75 Å². The topological polar surface area (TPSA) is 60.9 Å². The molecule has 2 heterocycles. The number of carbonyl (C=O) groups is 1. The van der Waals surface area contributed by atoms with Gasteiger partial charge in [-0.1, -0.05) is 49.0 Å². The third kappa shape index (κ3) is 3.91. The van der Waals surface area contributed by atoms with Crippen LogP contribution in [0.3, 0.4) is 0 Å².